The molecule has 0 aliphatic carbocycles. The quantitative estimate of drug-likeness (QED) is 0.521. The third kappa shape index (κ3) is 2.93. The maximum atomic E-state index is 4.06. The molecule has 0 amide bonds. The molecule has 56 valence electrons. The average Bonchev–Trinajstić information content (AvgIpc) is 2.00. The first-order valence-electron chi connectivity index (χ1n) is 3.48. The van der Waals surface area contributed by atoms with E-state index in [1.54, 1.807) is 6.20 Å². The number of aromatic nitrogens is 1. The van der Waals surface area contributed by atoms with Gasteiger partial charge in [-0.2, -0.15) is 0 Å². The second kappa shape index (κ2) is 5.37. The molecule has 0 aromatic carbocycles. The molecule has 2 heteroatoms. The predicted octanol–water partition coefficient (Wildman–Crippen LogP) is 1.92. The average molecular weight is 155 g/mol. The minimum absolute atomic E-state index is 1.08. The molecule has 0 saturated heterocycles. The van der Waals surface area contributed by atoms with Crippen LogP contribution in [0.25, 0.3) is 0 Å². The number of hydrogen-bond donors (Lipinski definition) is 0. The first kappa shape index (κ1) is 9.58. The van der Waals surface area contributed by atoms with Gasteiger partial charge in [-0.05, 0) is 18.3 Å². The van der Waals surface area contributed by atoms with Crippen molar-refractivity contribution in [3.05, 3.63) is 24.0 Å². The molecular weight excluding hydrogens is 141 g/mol. The van der Waals surface area contributed by atoms with E-state index in [0.29, 0.717) is 0 Å². The molecule has 1 atom stereocenters. The molecule has 1 aromatic rings. The fourth-order valence-corrected chi connectivity index (χ4v) is 0.682. The van der Waals surface area contributed by atoms with Gasteiger partial charge in [0.25, 0.3) is 0 Å². The molecule has 0 aliphatic rings. The van der Waals surface area contributed by atoms with Crippen LogP contribution in [0.5, 0.6) is 0 Å². The maximum Gasteiger partial charge on any atom is 0.0443 e. The largest absolute Gasteiger partial charge is 0.261 e. The van der Waals surface area contributed by atoms with Gasteiger partial charge in [0.2, 0.25) is 0 Å². The minimum atomic E-state index is 1.08. The van der Waals surface area contributed by atoms with Gasteiger partial charge in [-0.15, -0.1) is 9.24 Å². The summed E-state index contributed by atoms with van der Waals surface area (Å²) in [5.41, 5.74) is 1.08. The van der Waals surface area contributed by atoms with E-state index in [9.17, 15) is 0 Å². The molecule has 1 nitrogen and oxygen atoms in total. The molecule has 10 heavy (non-hydrogen) atoms. The summed E-state index contributed by atoms with van der Waals surface area (Å²) in [6, 6.07) is 3.95. The number of pyridine rings is 1. The van der Waals surface area contributed by atoms with E-state index in [0.717, 1.165) is 5.69 Å². The molecular formula is C8H14NP. The first-order valence-corrected chi connectivity index (χ1v) is 4.05. The molecule has 0 N–H and O–H groups in total. The zero-order valence-electron chi connectivity index (χ0n) is 6.76. The first-order chi connectivity index (χ1) is 4.80. The SMILES string of the molecule is CC.Cc1ncccc1P. The monoisotopic (exact) mass is 155 g/mol. The Morgan fingerprint density at radius 3 is 2.30 bits per heavy atom. The Labute approximate surface area is 65.1 Å². The van der Waals surface area contributed by atoms with Crippen molar-refractivity contribution in [3.8, 4) is 0 Å². The van der Waals surface area contributed by atoms with E-state index in [-0.39, 0.29) is 0 Å². The third-order valence-corrected chi connectivity index (χ3v) is 1.66. The number of nitrogens with zero attached hydrogens (tertiary/aromatic N) is 1. The summed E-state index contributed by atoms with van der Waals surface area (Å²) >= 11 is 0. The normalized spacial score (nSPS) is 8.00. The van der Waals surface area contributed by atoms with Crippen LogP contribution in [0.2, 0.25) is 0 Å². The molecule has 1 aromatic heterocycles. The smallest absolute Gasteiger partial charge is 0.0443 e. The summed E-state index contributed by atoms with van der Waals surface area (Å²) in [6.45, 7) is 5.99. The zero-order chi connectivity index (χ0) is 7.98. The summed E-state index contributed by atoms with van der Waals surface area (Å²) in [4.78, 5) is 4.06. The zero-order valence-corrected chi connectivity index (χ0v) is 7.91. The van der Waals surface area contributed by atoms with Crippen molar-refractivity contribution in [2.45, 2.75) is 20.8 Å². The van der Waals surface area contributed by atoms with Gasteiger partial charge in [0.05, 0.1) is 0 Å². The molecule has 0 radical (unpaired) electrons. The summed E-state index contributed by atoms with van der Waals surface area (Å²) in [6.07, 6.45) is 1.79. The molecule has 1 rings (SSSR count). The van der Waals surface area contributed by atoms with Crippen LogP contribution < -0.4 is 5.30 Å². The van der Waals surface area contributed by atoms with E-state index in [2.05, 4.69) is 14.2 Å². The fourth-order valence-electron chi connectivity index (χ4n) is 0.497. The van der Waals surface area contributed by atoms with Gasteiger partial charge in [-0.25, -0.2) is 0 Å². The van der Waals surface area contributed by atoms with E-state index >= 15 is 0 Å². The van der Waals surface area contributed by atoms with Crippen LogP contribution in [0, 0.1) is 6.92 Å². The third-order valence-electron chi connectivity index (χ3n) is 1.05. The van der Waals surface area contributed by atoms with Crippen LogP contribution in [0.1, 0.15) is 19.5 Å². The van der Waals surface area contributed by atoms with Gasteiger partial charge >= 0.3 is 0 Å². The van der Waals surface area contributed by atoms with Crippen LogP contribution in [-0.4, -0.2) is 4.98 Å². The highest BCUT2D eigenvalue weighted by molar-refractivity contribution is 7.27. The summed E-state index contributed by atoms with van der Waals surface area (Å²) in [5.74, 6) is 0. The Hall–Kier alpha value is -0.420. The Morgan fingerprint density at radius 2 is 2.00 bits per heavy atom. The lowest BCUT2D eigenvalue weighted by Crippen LogP contribution is -1.96. The molecule has 1 unspecified atom stereocenters. The molecule has 1 heterocycles. The summed E-state index contributed by atoms with van der Waals surface area (Å²) in [5, 5.41) is 1.17. The topological polar surface area (TPSA) is 12.9 Å². The van der Waals surface area contributed by atoms with Crippen molar-refractivity contribution in [2.75, 3.05) is 0 Å². The van der Waals surface area contributed by atoms with Gasteiger partial charge in [-0.3, -0.25) is 4.98 Å². The Bertz CT molecular complexity index is 165. The van der Waals surface area contributed by atoms with E-state index in [1.165, 1.54) is 5.30 Å². The molecule has 0 aliphatic heterocycles. The van der Waals surface area contributed by atoms with Crippen LogP contribution in [0.15, 0.2) is 18.3 Å². The molecule has 0 bridgehead atoms. The summed E-state index contributed by atoms with van der Waals surface area (Å²) in [7, 11) is 2.62. The molecule has 0 spiro atoms. The lowest BCUT2D eigenvalue weighted by atomic mass is 10.4. The highest BCUT2D eigenvalue weighted by atomic mass is 31.0. The van der Waals surface area contributed by atoms with Gasteiger partial charge in [0.1, 0.15) is 0 Å². The maximum absolute atomic E-state index is 4.06. The van der Waals surface area contributed by atoms with Crippen molar-refractivity contribution >= 4 is 14.5 Å². The number of hydrogen-bond acceptors (Lipinski definition) is 1. The van der Waals surface area contributed by atoms with Gasteiger partial charge < -0.3 is 0 Å². The van der Waals surface area contributed by atoms with E-state index in [1.807, 2.05) is 32.9 Å². The Morgan fingerprint density at radius 1 is 1.40 bits per heavy atom. The van der Waals surface area contributed by atoms with E-state index in [4.69, 9.17) is 0 Å². The molecule has 0 fully saturated rings. The standard InChI is InChI=1S/C6H8NP.C2H6/c1-5-6(8)3-2-4-7-5;1-2/h2-4H,8H2,1H3;1-2H3. The molecule has 0 saturated carbocycles. The fraction of sp³-hybridized carbons (Fsp3) is 0.375. The lowest BCUT2D eigenvalue weighted by molar-refractivity contribution is 1.23. The van der Waals surface area contributed by atoms with Gasteiger partial charge in [-0.1, -0.05) is 19.9 Å². The second-order valence-corrected chi connectivity index (χ2v) is 2.30. The predicted molar refractivity (Wildman–Crippen MR) is 49.7 cm³/mol. The summed E-state index contributed by atoms with van der Waals surface area (Å²) < 4.78 is 0. The second-order valence-electron chi connectivity index (χ2n) is 1.68. The lowest BCUT2D eigenvalue weighted by Gasteiger charge is -1.92. The number of aryl methyl sites for hydroxylation is 1. The Kier molecular flexibility index (Phi) is 5.15. The van der Waals surface area contributed by atoms with Crippen LogP contribution >= 0.6 is 9.24 Å². The van der Waals surface area contributed by atoms with Crippen LogP contribution in [0.4, 0.5) is 0 Å². The van der Waals surface area contributed by atoms with Crippen molar-refractivity contribution in [1.29, 1.82) is 0 Å². The number of rotatable bonds is 0. The van der Waals surface area contributed by atoms with Crippen molar-refractivity contribution < 1.29 is 0 Å². The van der Waals surface area contributed by atoms with E-state index < -0.39 is 0 Å². The van der Waals surface area contributed by atoms with Gasteiger partial charge in [0, 0.05) is 11.9 Å². The van der Waals surface area contributed by atoms with Gasteiger partial charge in [0.15, 0.2) is 0 Å². The van der Waals surface area contributed by atoms with Crippen molar-refractivity contribution in [1.82, 2.24) is 4.98 Å². The Balaban J connectivity index is 0.000000371. The highest BCUT2D eigenvalue weighted by Gasteiger charge is 1.85. The van der Waals surface area contributed by atoms with Crippen molar-refractivity contribution in [2.24, 2.45) is 0 Å². The highest BCUT2D eigenvalue weighted by Crippen LogP contribution is 1.91. The van der Waals surface area contributed by atoms with Crippen molar-refractivity contribution in [3.63, 3.8) is 0 Å². The van der Waals surface area contributed by atoms with Crippen LogP contribution in [-0.2, 0) is 0 Å². The van der Waals surface area contributed by atoms with Crippen LogP contribution in [0.3, 0.4) is 0 Å². The minimum Gasteiger partial charge on any atom is -0.261 e.